The molecule has 4 heterocycles. The van der Waals surface area contributed by atoms with Crippen LogP contribution in [0.3, 0.4) is 0 Å². The van der Waals surface area contributed by atoms with E-state index in [1.54, 1.807) is 0 Å². The average Bonchev–Trinajstić information content (AvgIpc) is 3.58. The Morgan fingerprint density at radius 2 is 1.88 bits per heavy atom. The molecule has 0 spiro atoms. The zero-order valence-corrected chi connectivity index (χ0v) is 17.8. The maximum Gasteiger partial charge on any atom is 0.161 e. The van der Waals surface area contributed by atoms with Crippen molar-refractivity contribution in [2.45, 2.75) is 32.2 Å². The molecule has 4 aromatic heterocycles. The Balaban J connectivity index is 1.28. The summed E-state index contributed by atoms with van der Waals surface area (Å²) in [6, 6.07) is 14.2. The zero-order valence-electron chi connectivity index (χ0n) is 17.8. The summed E-state index contributed by atoms with van der Waals surface area (Å²) in [4.78, 5) is 17.4. The SMILES string of the molecule is c1ccc2[nH]c(-c3n[nH]c4ccc(-c5cncc(CNCC6CCCC6)c5)nc34)nc2c1. The number of hydrogen-bond acceptors (Lipinski definition) is 5. The average molecular weight is 424 g/mol. The number of nitrogens with one attached hydrogen (secondary N) is 3. The number of pyridine rings is 2. The van der Waals surface area contributed by atoms with Crippen LogP contribution in [0.5, 0.6) is 0 Å². The van der Waals surface area contributed by atoms with Gasteiger partial charge in [-0.2, -0.15) is 5.10 Å². The van der Waals surface area contributed by atoms with Gasteiger partial charge < -0.3 is 10.3 Å². The van der Waals surface area contributed by atoms with E-state index in [-0.39, 0.29) is 0 Å². The van der Waals surface area contributed by atoms with E-state index in [1.807, 2.05) is 48.8 Å². The summed E-state index contributed by atoms with van der Waals surface area (Å²) in [5.74, 6) is 1.54. The lowest BCUT2D eigenvalue weighted by molar-refractivity contribution is 0.489. The van der Waals surface area contributed by atoms with Crippen molar-refractivity contribution in [3.8, 4) is 22.8 Å². The molecule has 5 aromatic rings. The Kier molecular flexibility index (Phi) is 4.88. The molecule has 1 aliphatic rings. The fourth-order valence-corrected chi connectivity index (χ4v) is 4.65. The predicted molar refractivity (Wildman–Crippen MR) is 126 cm³/mol. The van der Waals surface area contributed by atoms with Crippen molar-refractivity contribution in [1.82, 2.24) is 35.5 Å². The highest BCUT2D eigenvalue weighted by Crippen LogP contribution is 2.28. The van der Waals surface area contributed by atoms with Gasteiger partial charge in [-0.15, -0.1) is 0 Å². The van der Waals surface area contributed by atoms with Gasteiger partial charge in [0.05, 0.1) is 22.2 Å². The van der Waals surface area contributed by atoms with Crippen molar-refractivity contribution in [2.75, 3.05) is 6.54 Å². The van der Waals surface area contributed by atoms with E-state index in [4.69, 9.17) is 4.98 Å². The van der Waals surface area contributed by atoms with E-state index < -0.39 is 0 Å². The van der Waals surface area contributed by atoms with Gasteiger partial charge in [0.1, 0.15) is 5.52 Å². The largest absolute Gasteiger partial charge is 0.337 e. The lowest BCUT2D eigenvalue weighted by atomic mass is 10.1. The van der Waals surface area contributed by atoms with E-state index in [2.05, 4.69) is 36.5 Å². The maximum atomic E-state index is 4.92. The number of aromatic nitrogens is 6. The molecular weight excluding hydrogens is 398 g/mol. The van der Waals surface area contributed by atoms with Crippen LogP contribution in [-0.2, 0) is 6.54 Å². The Hall–Kier alpha value is -3.58. The molecule has 0 bridgehead atoms. The first-order chi connectivity index (χ1) is 15.8. The predicted octanol–water partition coefficient (Wildman–Crippen LogP) is 4.84. The van der Waals surface area contributed by atoms with Crippen LogP contribution < -0.4 is 5.32 Å². The summed E-state index contributed by atoms with van der Waals surface area (Å²) in [6.45, 7) is 1.92. The summed E-state index contributed by atoms with van der Waals surface area (Å²) >= 11 is 0. The van der Waals surface area contributed by atoms with Gasteiger partial charge in [-0.1, -0.05) is 25.0 Å². The minimum atomic E-state index is 0.713. The van der Waals surface area contributed by atoms with Crippen molar-refractivity contribution in [1.29, 1.82) is 0 Å². The molecule has 1 aliphatic carbocycles. The second kappa shape index (κ2) is 8.16. The highest BCUT2D eigenvalue weighted by molar-refractivity contribution is 5.91. The topological polar surface area (TPSA) is 95.2 Å². The van der Waals surface area contributed by atoms with Crippen molar-refractivity contribution >= 4 is 22.1 Å². The summed E-state index contributed by atoms with van der Waals surface area (Å²) in [5.41, 5.74) is 7.35. The van der Waals surface area contributed by atoms with Gasteiger partial charge in [0, 0.05) is 24.5 Å². The van der Waals surface area contributed by atoms with Crippen LogP contribution in [0.15, 0.2) is 54.9 Å². The van der Waals surface area contributed by atoms with Crippen LogP contribution >= 0.6 is 0 Å². The third-order valence-electron chi connectivity index (χ3n) is 6.35. The molecule has 7 heteroatoms. The number of rotatable bonds is 6. The van der Waals surface area contributed by atoms with E-state index in [0.29, 0.717) is 5.82 Å². The van der Waals surface area contributed by atoms with Crippen LogP contribution in [0, 0.1) is 5.92 Å². The molecule has 0 saturated heterocycles. The van der Waals surface area contributed by atoms with Gasteiger partial charge in [0.25, 0.3) is 0 Å². The Bertz CT molecular complexity index is 1340. The summed E-state index contributed by atoms with van der Waals surface area (Å²) in [7, 11) is 0. The Morgan fingerprint density at radius 1 is 0.969 bits per heavy atom. The van der Waals surface area contributed by atoms with Crippen LogP contribution in [0.1, 0.15) is 31.2 Å². The van der Waals surface area contributed by atoms with Gasteiger partial charge in [-0.05, 0) is 61.2 Å². The van der Waals surface area contributed by atoms with Gasteiger partial charge in [-0.25, -0.2) is 9.97 Å². The van der Waals surface area contributed by atoms with Crippen molar-refractivity contribution in [3.05, 3.63) is 60.4 Å². The van der Waals surface area contributed by atoms with E-state index >= 15 is 0 Å². The summed E-state index contributed by atoms with van der Waals surface area (Å²) in [5, 5.41) is 11.2. The molecule has 1 fully saturated rings. The van der Waals surface area contributed by atoms with Gasteiger partial charge in [-0.3, -0.25) is 10.1 Å². The van der Waals surface area contributed by atoms with Crippen molar-refractivity contribution < 1.29 is 0 Å². The van der Waals surface area contributed by atoms with Crippen LogP contribution in [0.4, 0.5) is 0 Å². The number of hydrogen-bond donors (Lipinski definition) is 3. The molecule has 0 unspecified atom stereocenters. The minimum absolute atomic E-state index is 0.713. The number of nitrogens with zero attached hydrogens (tertiary/aromatic N) is 4. The van der Waals surface area contributed by atoms with Crippen molar-refractivity contribution in [3.63, 3.8) is 0 Å². The zero-order chi connectivity index (χ0) is 21.3. The molecule has 1 saturated carbocycles. The first-order valence-electron chi connectivity index (χ1n) is 11.3. The molecule has 0 atom stereocenters. The fourth-order valence-electron chi connectivity index (χ4n) is 4.65. The van der Waals surface area contributed by atoms with Gasteiger partial charge in [0.15, 0.2) is 11.5 Å². The van der Waals surface area contributed by atoms with Gasteiger partial charge in [0.2, 0.25) is 0 Å². The number of imidazole rings is 1. The molecule has 0 radical (unpaired) electrons. The monoisotopic (exact) mass is 423 g/mol. The molecular formula is C25H25N7. The highest BCUT2D eigenvalue weighted by Gasteiger charge is 2.16. The number of benzene rings is 1. The number of H-pyrrole nitrogens is 2. The third kappa shape index (κ3) is 3.65. The maximum absolute atomic E-state index is 4.92. The number of fused-ring (bicyclic) bond motifs is 2. The Labute approximate surface area is 185 Å². The molecule has 3 N–H and O–H groups in total. The second-order valence-corrected chi connectivity index (χ2v) is 8.63. The van der Waals surface area contributed by atoms with Gasteiger partial charge >= 0.3 is 0 Å². The van der Waals surface area contributed by atoms with Crippen LogP contribution in [-0.4, -0.2) is 36.7 Å². The Morgan fingerprint density at radius 3 is 2.78 bits per heavy atom. The molecule has 0 aliphatic heterocycles. The molecule has 6 rings (SSSR count). The highest BCUT2D eigenvalue weighted by atomic mass is 15.1. The fraction of sp³-hybridized carbons (Fsp3) is 0.280. The van der Waals surface area contributed by atoms with E-state index in [9.17, 15) is 0 Å². The summed E-state index contributed by atoms with van der Waals surface area (Å²) in [6.07, 6.45) is 9.26. The molecule has 160 valence electrons. The van der Waals surface area contributed by atoms with E-state index in [1.165, 1.54) is 31.2 Å². The molecule has 32 heavy (non-hydrogen) atoms. The van der Waals surface area contributed by atoms with Crippen molar-refractivity contribution in [2.24, 2.45) is 5.92 Å². The standard InChI is InChI=1S/C25H25N7/c1-2-6-16(5-1)12-26-13-17-11-18(15-27-14-17)19-9-10-22-23(28-19)24(32-31-22)25-29-20-7-3-4-8-21(20)30-25/h3-4,7-11,14-16,26H,1-2,5-6,12-13H2,(H,29,30)(H,31,32). The lowest BCUT2D eigenvalue weighted by Crippen LogP contribution is -2.20. The third-order valence-corrected chi connectivity index (χ3v) is 6.35. The first-order valence-corrected chi connectivity index (χ1v) is 11.3. The number of aromatic amines is 2. The quantitative estimate of drug-likeness (QED) is 0.363. The molecule has 0 amide bonds. The lowest BCUT2D eigenvalue weighted by Gasteiger charge is -2.11. The normalized spacial score (nSPS) is 14.6. The smallest absolute Gasteiger partial charge is 0.161 e. The van der Waals surface area contributed by atoms with Crippen LogP contribution in [0.25, 0.3) is 44.8 Å². The number of para-hydroxylation sites is 2. The summed E-state index contributed by atoms with van der Waals surface area (Å²) < 4.78 is 0. The second-order valence-electron chi connectivity index (χ2n) is 8.63. The molecule has 1 aromatic carbocycles. The van der Waals surface area contributed by atoms with Crippen LogP contribution in [0.2, 0.25) is 0 Å². The first kappa shape index (κ1) is 19.1. The minimum Gasteiger partial charge on any atom is -0.337 e. The molecule has 7 nitrogen and oxygen atoms in total. The van der Waals surface area contributed by atoms with E-state index in [0.717, 1.165) is 58.0 Å².